The largest absolute Gasteiger partial charge is 0.481 e. The van der Waals surface area contributed by atoms with E-state index in [-0.39, 0.29) is 30.2 Å². The quantitative estimate of drug-likeness (QED) is 0.462. The summed E-state index contributed by atoms with van der Waals surface area (Å²) in [5.74, 6) is -2.06. The van der Waals surface area contributed by atoms with E-state index in [9.17, 15) is 14.4 Å². The Hall–Kier alpha value is -3.61. The zero-order chi connectivity index (χ0) is 24.1. The van der Waals surface area contributed by atoms with E-state index < -0.39 is 18.3 Å². The van der Waals surface area contributed by atoms with E-state index in [1.54, 1.807) is 17.0 Å². The number of hydrogen-bond donors (Lipinski definition) is 2. The summed E-state index contributed by atoms with van der Waals surface area (Å²) < 4.78 is 0. The van der Waals surface area contributed by atoms with Crippen molar-refractivity contribution in [3.63, 3.8) is 0 Å². The number of nitrogens with zero attached hydrogens (tertiary/aromatic N) is 2. The topological polar surface area (TPSA) is 104 Å². The van der Waals surface area contributed by atoms with E-state index >= 15 is 0 Å². The second-order valence-corrected chi connectivity index (χ2v) is 8.43. The molecule has 2 aromatic carbocycles. The highest BCUT2D eigenvalue weighted by Crippen LogP contribution is 2.41. The molecule has 7 nitrogen and oxygen atoms in total. The van der Waals surface area contributed by atoms with Crippen molar-refractivity contribution >= 4 is 23.5 Å². The monoisotopic (exact) mass is 449 g/mol. The zero-order valence-electron chi connectivity index (χ0n) is 19.3. The number of nitrogens with two attached hydrogens (primary N) is 1. The van der Waals surface area contributed by atoms with Gasteiger partial charge in [0.1, 0.15) is 12.1 Å². The van der Waals surface area contributed by atoms with Crippen LogP contribution in [-0.2, 0) is 14.4 Å². The minimum Gasteiger partial charge on any atom is -0.481 e. The molecule has 0 spiro atoms. The van der Waals surface area contributed by atoms with Gasteiger partial charge in [-0.2, -0.15) is 0 Å². The van der Waals surface area contributed by atoms with Crippen LogP contribution in [0.1, 0.15) is 63.2 Å². The number of carboxylic acids is 1. The van der Waals surface area contributed by atoms with E-state index in [1.165, 1.54) is 4.90 Å². The summed E-state index contributed by atoms with van der Waals surface area (Å²) in [5.41, 5.74) is 9.50. The van der Waals surface area contributed by atoms with Gasteiger partial charge in [0.15, 0.2) is 0 Å². The fraction of sp³-hybridized carbons (Fsp3) is 0.346. The third-order valence-corrected chi connectivity index (χ3v) is 6.02. The molecule has 1 aliphatic rings. The second-order valence-electron chi connectivity index (χ2n) is 8.43. The standard InChI is InChI=1S/C26H31N3O4/c1-4-14-28(23(30)16-24(31)32)25-17(2)15-22(20-8-6-5-7-9-20)29(26(25)33)18(3)19-10-12-21(27)13-11-19/h5-13,18,22H,4,14-16,27H2,1-3H3,(H,31,32)/t18-,22?/m0/s1. The first kappa shape index (κ1) is 24.0. The molecular formula is C26H31N3O4. The van der Waals surface area contributed by atoms with Crippen molar-refractivity contribution < 1.29 is 19.5 Å². The predicted octanol–water partition coefficient (Wildman–Crippen LogP) is 4.29. The molecular weight excluding hydrogens is 418 g/mol. The lowest BCUT2D eigenvalue weighted by Crippen LogP contribution is -2.47. The molecule has 3 N–H and O–H groups in total. The number of benzene rings is 2. The molecule has 1 heterocycles. The molecule has 1 unspecified atom stereocenters. The fourth-order valence-electron chi connectivity index (χ4n) is 4.42. The molecule has 0 saturated heterocycles. The van der Waals surface area contributed by atoms with E-state index in [0.717, 1.165) is 16.7 Å². The Kier molecular flexibility index (Phi) is 7.53. The molecule has 2 amide bonds. The normalized spacial score (nSPS) is 17.1. The number of carbonyl (C=O) groups excluding carboxylic acids is 2. The zero-order valence-corrected chi connectivity index (χ0v) is 19.3. The second kappa shape index (κ2) is 10.3. The van der Waals surface area contributed by atoms with E-state index in [2.05, 4.69) is 0 Å². The van der Waals surface area contributed by atoms with Crippen molar-refractivity contribution in [3.05, 3.63) is 77.0 Å². The highest BCUT2D eigenvalue weighted by molar-refractivity contribution is 6.02. The first-order valence-corrected chi connectivity index (χ1v) is 11.2. The molecule has 174 valence electrons. The van der Waals surface area contributed by atoms with Crippen LogP contribution in [0.4, 0.5) is 5.69 Å². The Balaban J connectivity index is 2.09. The van der Waals surface area contributed by atoms with Gasteiger partial charge in [0, 0.05) is 12.2 Å². The molecule has 0 saturated carbocycles. The van der Waals surface area contributed by atoms with E-state index in [1.807, 2.05) is 63.2 Å². The molecule has 0 radical (unpaired) electrons. The van der Waals surface area contributed by atoms with Crippen LogP contribution in [0.25, 0.3) is 0 Å². The van der Waals surface area contributed by atoms with Crippen LogP contribution in [0, 0.1) is 0 Å². The first-order chi connectivity index (χ1) is 15.7. The highest BCUT2D eigenvalue weighted by atomic mass is 16.4. The molecule has 2 atom stereocenters. The number of aliphatic carboxylic acids is 1. The highest BCUT2D eigenvalue weighted by Gasteiger charge is 2.40. The molecule has 3 rings (SSSR count). The third kappa shape index (κ3) is 5.25. The number of amides is 2. The summed E-state index contributed by atoms with van der Waals surface area (Å²) in [4.78, 5) is 41.2. The fourth-order valence-corrected chi connectivity index (χ4v) is 4.42. The number of anilines is 1. The van der Waals surface area contributed by atoms with E-state index in [0.29, 0.717) is 18.5 Å². The van der Waals surface area contributed by atoms with Crippen molar-refractivity contribution in [3.8, 4) is 0 Å². The van der Waals surface area contributed by atoms with Gasteiger partial charge >= 0.3 is 5.97 Å². The Labute approximate surface area is 194 Å². The minimum atomic E-state index is -1.21. The maximum atomic E-state index is 14.0. The van der Waals surface area contributed by atoms with Crippen molar-refractivity contribution in [2.45, 2.75) is 52.1 Å². The molecule has 0 aliphatic carbocycles. The van der Waals surface area contributed by atoms with Crippen LogP contribution in [0.2, 0.25) is 0 Å². The summed E-state index contributed by atoms with van der Waals surface area (Å²) in [6.45, 7) is 5.99. The predicted molar refractivity (Wildman–Crippen MR) is 127 cm³/mol. The van der Waals surface area contributed by atoms with Gasteiger partial charge in [-0.05, 0) is 55.5 Å². The molecule has 0 aromatic heterocycles. The van der Waals surface area contributed by atoms with Crippen LogP contribution in [0.3, 0.4) is 0 Å². The summed E-state index contributed by atoms with van der Waals surface area (Å²) >= 11 is 0. The van der Waals surface area contributed by atoms with Crippen LogP contribution < -0.4 is 5.73 Å². The SMILES string of the molecule is CCCN(C(=O)CC(=O)O)C1=C(C)CC(c2ccccc2)N([C@@H](C)c2ccc(N)cc2)C1=O. The Bertz CT molecular complexity index is 1050. The average molecular weight is 450 g/mol. The van der Waals surface area contributed by atoms with E-state index in [4.69, 9.17) is 10.8 Å². The molecule has 2 aromatic rings. The average Bonchev–Trinajstić information content (AvgIpc) is 2.78. The van der Waals surface area contributed by atoms with Gasteiger partial charge in [0.25, 0.3) is 5.91 Å². The number of carboxylic acid groups (broad SMARTS) is 1. The molecule has 1 aliphatic heterocycles. The number of rotatable bonds is 8. The van der Waals surface area contributed by atoms with Crippen LogP contribution in [0.15, 0.2) is 65.9 Å². The van der Waals surface area contributed by atoms with Crippen LogP contribution in [-0.4, -0.2) is 39.2 Å². The lowest BCUT2D eigenvalue weighted by molar-refractivity contribution is -0.146. The van der Waals surface area contributed by atoms with Gasteiger partial charge in [-0.3, -0.25) is 14.4 Å². The number of carbonyl (C=O) groups is 3. The van der Waals surface area contributed by atoms with Crippen LogP contribution >= 0.6 is 0 Å². The molecule has 33 heavy (non-hydrogen) atoms. The summed E-state index contributed by atoms with van der Waals surface area (Å²) in [5, 5.41) is 9.16. The third-order valence-electron chi connectivity index (χ3n) is 6.02. The summed E-state index contributed by atoms with van der Waals surface area (Å²) in [6.07, 6.45) is 0.496. The Morgan fingerprint density at radius 1 is 1.15 bits per heavy atom. The minimum absolute atomic E-state index is 0.215. The maximum Gasteiger partial charge on any atom is 0.312 e. The van der Waals surface area contributed by atoms with Crippen molar-refractivity contribution in [2.75, 3.05) is 12.3 Å². The van der Waals surface area contributed by atoms with Crippen molar-refractivity contribution in [1.82, 2.24) is 9.80 Å². The van der Waals surface area contributed by atoms with Crippen molar-refractivity contribution in [1.29, 1.82) is 0 Å². The van der Waals surface area contributed by atoms with Gasteiger partial charge in [-0.1, -0.05) is 49.4 Å². The Morgan fingerprint density at radius 3 is 2.36 bits per heavy atom. The van der Waals surface area contributed by atoms with Crippen LogP contribution in [0.5, 0.6) is 0 Å². The van der Waals surface area contributed by atoms with Gasteiger partial charge in [-0.15, -0.1) is 0 Å². The van der Waals surface area contributed by atoms with Gasteiger partial charge in [0.05, 0.1) is 12.1 Å². The summed E-state index contributed by atoms with van der Waals surface area (Å²) in [6, 6.07) is 16.7. The van der Waals surface area contributed by atoms with Crippen molar-refractivity contribution in [2.24, 2.45) is 0 Å². The summed E-state index contributed by atoms with van der Waals surface area (Å²) in [7, 11) is 0. The number of nitrogen functional groups attached to an aromatic ring is 1. The smallest absolute Gasteiger partial charge is 0.312 e. The first-order valence-electron chi connectivity index (χ1n) is 11.2. The van der Waals surface area contributed by atoms with Gasteiger partial charge in [0.2, 0.25) is 5.91 Å². The molecule has 7 heteroatoms. The lowest BCUT2D eigenvalue weighted by Gasteiger charge is -2.43. The Morgan fingerprint density at radius 2 is 1.79 bits per heavy atom. The van der Waals surface area contributed by atoms with Gasteiger partial charge < -0.3 is 20.6 Å². The number of hydrogen-bond acceptors (Lipinski definition) is 4. The maximum absolute atomic E-state index is 14.0. The molecule has 0 fully saturated rings. The van der Waals surface area contributed by atoms with Gasteiger partial charge in [-0.25, -0.2) is 0 Å². The molecule has 0 bridgehead atoms. The lowest BCUT2D eigenvalue weighted by atomic mass is 9.89.